The molecular formula is C27H24N4O4. The molecule has 0 heterocycles. The number of phenolic OH excluding ortho intramolecular Hbond substituents is 1. The van der Waals surface area contributed by atoms with Gasteiger partial charge in [-0.1, -0.05) is 42.5 Å². The number of hydrazone groups is 1. The Balaban J connectivity index is 1.49. The number of anilines is 2. The monoisotopic (exact) mass is 468 g/mol. The average molecular weight is 469 g/mol. The third kappa shape index (κ3) is 5.56. The van der Waals surface area contributed by atoms with Crippen molar-refractivity contribution in [2.24, 2.45) is 5.10 Å². The van der Waals surface area contributed by atoms with Crippen LogP contribution < -0.4 is 21.2 Å². The van der Waals surface area contributed by atoms with Gasteiger partial charge in [0.25, 0.3) is 5.91 Å². The molecule has 35 heavy (non-hydrogen) atoms. The van der Waals surface area contributed by atoms with Crippen LogP contribution >= 0.6 is 0 Å². The molecule has 2 amide bonds. The van der Waals surface area contributed by atoms with Crippen LogP contribution in [0.3, 0.4) is 0 Å². The number of phenols is 1. The van der Waals surface area contributed by atoms with Gasteiger partial charge < -0.3 is 20.9 Å². The average Bonchev–Trinajstić information content (AvgIpc) is 2.87. The highest BCUT2D eigenvalue weighted by molar-refractivity contribution is 6.08. The van der Waals surface area contributed by atoms with Crippen molar-refractivity contribution in [3.8, 4) is 11.5 Å². The number of methoxy groups -OCH3 is 1. The highest BCUT2D eigenvalue weighted by Gasteiger charge is 2.10. The molecule has 0 radical (unpaired) electrons. The molecule has 0 unspecified atom stereocenters. The van der Waals surface area contributed by atoms with Gasteiger partial charge in [-0.3, -0.25) is 9.59 Å². The van der Waals surface area contributed by atoms with Crippen molar-refractivity contribution in [2.75, 3.05) is 18.2 Å². The molecule has 5 N–H and O–H groups in total. The summed E-state index contributed by atoms with van der Waals surface area (Å²) in [6.45, 7) is 0. The summed E-state index contributed by atoms with van der Waals surface area (Å²) in [5, 5.41) is 18.2. The fourth-order valence-electron chi connectivity index (χ4n) is 3.63. The third-order valence-electron chi connectivity index (χ3n) is 5.39. The first kappa shape index (κ1) is 23.3. The van der Waals surface area contributed by atoms with E-state index in [2.05, 4.69) is 15.8 Å². The molecule has 4 aromatic rings. The minimum absolute atomic E-state index is 0.0906. The number of carbonyl (C=O) groups excluding carboxylic acids is 2. The molecule has 0 bridgehead atoms. The molecule has 0 atom stereocenters. The second kappa shape index (κ2) is 10.4. The molecule has 8 nitrogen and oxygen atoms in total. The maximum absolute atomic E-state index is 12.7. The molecule has 0 fully saturated rings. The lowest BCUT2D eigenvalue weighted by molar-refractivity contribution is -0.115. The molecule has 0 aromatic heterocycles. The number of amides is 2. The normalized spacial score (nSPS) is 10.9. The largest absolute Gasteiger partial charge is 0.506 e. The Morgan fingerprint density at radius 2 is 1.80 bits per heavy atom. The molecule has 0 aliphatic carbocycles. The number of ether oxygens (including phenoxy) is 1. The SMILES string of the molecule is COc1cccc(CC(=O)Nc2ccc(/C=N/NC(=O)c3ccc(O)c(N)c3)c3ccccc23)c1. The summed E-state index contributed by atoms with van der Waals surface area (Å²) < 4.78 is 5.22. The Morgan fingerprint density at radius 3 is 2.57 bits per heavy atom. The molecule has 4 rings (SSSR count). The molecule has 176 valence electrons. The quantitative estimate of drug-likeness (QED) is 0.141. The molecule has 4 aromatic carbocycles. The fraction of sp³-hybridized carbons (Fsp3) is 0.0741. The summed E-state index contributed by atoms with van der Waals surface area (Å²) in [6.07, 6.45) is 1.74. The van der Waals surface area contributed by atoms with Crippen molar-refractivity contribution in [2.45, 2.75) is 6.42 Å². The van der Waals surface area contributed by atoms with Gasteiger partial charge in [0.15, 0.2) is 0 Å². The van der Waals surface area contributed by atoms with E-state index in [1.807, 2.05) is 54.6 Å². The van der Waals surface area contributed by atoms with E-state index in [4.69, 9.17) is 10.5 Å². The maximum Gasteiger partial charge on any atom is 0.271 e. The van der Waals surface area contributed by atoms with Gasteiger partial charge in [0.2, 0.25) is 5.91 Å². The second-order valence-electron chi connectivity index (χ2n) is 7.80. The zero-order valence-electron chi connectivity index (χ0n) is 19.0. The lowest BCUT2D eigenvalue weighted by Gasteiger charge is -2.11. The summed E-state index contributed by atoms with van der Waals surface area (Å²) in [6, 6.07) is 22.8. The van der Waals surface area contributed by atoms with Gasteiger partial charge in [-0.15, -0.1) is 0 Å². The van der Waals surface area contributed by atoms with Crippen molar-refractivity contribution < 1.29 is 19.4 Å². The predicted octanol–water partition coefficient (Wildman–Crippen LogP) is 4.08. The van der Waals surface area contributed by atoms with Gasteiger partial charge in [-0.25, -0.2) is 5.43 Å². The molecule has 0 aliphatic rings. The molecule has 0 saturated heterocycles. The number of nitrogen functional groups attached to an aromatic ring is 1. The summed E-state index contributed by atoms with van der Waals surface area (Å²) in [5.41, 5.74) is 10.8. The van der Waals surface area contributed by atoms with Gasteiger partial charge in [0.05, 0.1) is 25.4 Å². The van der Waals surface area contributed by atoms with Crippen LogP contribution in [-0.4, -0.2) is 30.2 Å². The third-order valence-corrected chi connectivity index (χ3v) is 5.39. The number of hydrogen-bond acceptors (Lipinski definition) is 6. The number of benzene rings is 4. The van der Waals surface area contributed by atoms with Crippen molar-refractivity contribution >= 4 is 40.2 Å². The number of nitrogens with one attached hydrogen (secondary N) is 2. The summed E-state index contributed by atoms with van der Waals surface area (Å²) in [7, 11) is 1.59. The summed E-state index contributed by atoms with van der Waals surface area (Å²) >= 11 is 0. The minimum Gasteiger partial charge on any atom is -0.506 e. The number of carbonyl (C=O) groups is 2. The molecule has 0 saturated carbocycles. The summed E-state index contributed by atoms with van der Waals surface area (Å²) in [5.74, 6) is 0.00139. The van der Waals surface area contributed by atoms with Gasteiger partial charge >= 0.3 is 0 Å². The first-order valence-electron chi connectivity index (χ1n) is 10.8. The number of nitrogens with two attached hydrogens (primary N) is 1. The van der Waals surface area contributed by atoms with Gasteiger partial charge in [-0.05, 0) is 47.3 Å². The van der Waals surface area contributed by atoms with Crippen LogP contribution in [0.1, 0.15) is 21.5 Å². The van der Waals surface area contributed by atoms with Crippen LogP contribution in [0.25, 0.3) is 10.8 Å². The van der Waals surface area contributed by atoms with Crippen LogP contribution in [0.4, 0.5) is 11.4 Å². The van der Waals surface area contributed by atoms with Crippen molar-refractivity contribution in [1.29, 1.82) is 0 Å². The number of fused-ring (bicyclic) bond motifs is 1. The van der Waals surface area contributed by atoms with E-state index < -0.39 is 5.91 Å². The van der Waals surface area contributed by atoms with Crippen LogP contribution in [-0.2, 0) is 11.2 Å². The van der Waals surface area contributed by atoms with Gasteiger partial charge in [0, 0.05) is 22.2 Å². The Bertz CT molecular complexity index is 1430. The van der Waals surface area contributed by atoms with Crippen molar-refractivity contribution in [3.63, 3.8) is 0 Å². The molecule has 8 heteroatoms. The van der Waals surface area contributed by atoms with Crippen LogP contribution in [0.2, 0.25) is 0 Å². The lowest BCUT2D eigenvalue weighted by Crippen LogP contribution is -2.17. The van der Waals surface area contributed by atoms with E-state index in [0.717, 1.165) is 21.9 Å². The Kier molecular flexibility index (Phi) is 6.92. The van der Waals surface area contributed by atoms with Gasteiger partial charge in [-0.2, -0.15) is 5.10 Å². The zero-order chi connectivity index (χ0) is 24.8. The Morgan fingerprint density at radius 1 is 1.00 bits per heavy atom. The first-order chi connectivity index (χ1) is 16.9. The van der Waals surface area contributed by atoms with E-state index in [9.17, 15) is 14.7 Å². The smallest absolute Gasteiger partial charge is 0.271 e. The fourth-order valence-corrected chi connectivity index (χ4v) is 3.63. The number of rotatable bonds is 7. The highest BCUT2D eigenvalue weighted by Crippen LogP contribution is 2.26. The van der Waals surface area contributed by atoms with Crippen LogP contribution in [0.15, 0.2) is 84.0 Å². The predicted molar refractivity (Wildman–Crippen MR) is 137 cm³/mol. The van der Waals surface area contributed by atoms with E-state index in [0.29, 0.717) is 11.4 Å². The minimum atomic E-state index is -0.460. The maximum atomic E-state index is 12.7. The second-order valence-corrected chi connectivity index (χ2v) is 7.80. The standard InChI is InChI=1S/C27H24N4O4/c1-35-20-6-4-5-17(13-20)14-26(33)30-24-11-9-19(21-7-2-3-8-22(21)24)16-29-31-27(34)18-10-12-25(32)23(28)15-18/h2-13,15-16,32H,14,28H2,1H3,(H,30,33)(H,31,34)/b29-16+. The van der Waals surface area contributed by atoms with E-state index in [-0.39, 0.29) is 29.3 Å². The molecule has 0 spiro atoms. The van der Waals surface area contributed by atoms with Crippen molar-refractivity contribution in [1.82, 2.24) is 5.43 Å². The van der Waals surface area contributed by atoms with Crippen molar-refractivity contribution in [3.05, 3.63) is 95.6 Å². The number of nitrogens with zero attached hydrogens (tertiary/aromatic N) is 1. The Labute approximate surface area is 202 Å². The number of hydrogen-bond donors (Lipinski definition) is 4. The first-order valence-corrected chi connectivity index (χ1v) is 10.8. The zero-order valence-corrected chi connectivity index (χ0v) is 19.0. The van der Waals surface area contributed by atoms with Crippen LogP contribution in [0.5, 0.6) is 11.5 Å². The highest BCUT2D eigenvalue weighted by atomic mass is 16.5. The lowest BCUT2D eigenvalue weighted by atomic mass is 10.0. The molecule has 0 aliphatic heterocycles. The Hall–Kier alpha value is -4.85. The molecular weight excluding hydrogens is 444 g/mol. The number of aromatic hydroxyl groups is 1. The van der Waals surface area contributed by atoms with Gasteiger partial charge in [0.1, 0.15) is 11.5 Å². The van der Waals surface area contributed by atoms with Crippen LogP contribution in [0, 0.1) is 0 Å². The van der Waals surface area contributed by atoms with E-state index in [1.54, 1.807) is 13.2 Å². The summed E-state index contributed by atoms with van der Waals surface area (Å²) in [4.78, 5) is 25.0. The van der Waals surface area contributed by atoms with E-state index in [1.165, 1.54) is 24.4 Å². The topological polar surface area (TPSA) is 126 Å². The van der Waals surface area contributed by atoms with E-state index >= 15 is 0 Å².